The molecule has 0 spiro atoms. The maximum atomic E-state index is 13.2. The van der Waals surface area contributed by atoms with Gasteiger partial charge in [-0.05, 0) is 30.6 Å². The molecule has 0 bridgehead atoms. The lowest BCUT2D eigenvalue weighted by Gasteiger charge is -2.39. The quantitative estimate of drug-likeness (QED) is 0.800. The Balaban J connectivity index is 3.16. The average molecular weight is 339 g/mol. The number of carbonyl (C=O) groups excluding carboxylic acids is 3. The minimum Gasteiger partial charge on any atom is -0.357 e. The van der Waals surface area contributed by atoms with Crippen molar-refractivity contribution in [1.82, 2.24) is 15.5 Å². The summed E-state index contributed by atoms with van der Waals surface area (Å²) < 4.78 is 0. The van der Waals surface area contributed by atoms with Crippen molar-refractivity contribution in [2.75, 3.05) is 7.05 Å². The monoisotopic (exact) mass is 339 g/mol. The lowest BCUT2D eigenvalue weighted by atomic mass is 9.85. The normalized spacial score (nSPS) is 22.4. The predicted octanol–water partition coefficient (Wildman–Crippen LogP) is 1.69. The summed E-state index contributed by atoms with van der Waals surface area (Å²) in [7, 11) is 1.59. The smallest absolute Gasteiger partial charge is 0.246 e. The number of nitrogens with one attached hydrogen (secondary N) is 2. The van der Waals surface area contributed by atoms with Crippen molar-refractivity contribution >= 4 is 17.7 Å². The molecular weight excluding hydrogens is 306 g/mol. The van der Waals surface area contributed by atoms with Crippen LogP contribution >= 0.6 is 0 Å². The molecule has 6 nitrogen and oxygen atoms in total. The van der Waals surface area contributed by atoms with Crippen molar-refractivity contribution in [3.8, 4) is 0 Å². The van der Waals surface area contributed by atoms with Crippen molar-refractivity contribution in [2.45, 2.75) is 78.9 Å². The number of hydrogen-bond acceptors (Lipinski definition) is 3. The summed E-state index contributed by atoms with van der Waals surface area (Å²) >= 11 is 0. The van der Waals surface area contributed by atoms with E-state index in [0.29, 0.717) is 12.8 Å². The van der Waals surface area contributed by atoms with Crippen molar-refractivity contribution in [3.05, 3.63) is 0 Å². The molecule has 1 aliphatic heterocycles. The fourth-order valence-electron chi connectivity index (χ4n) is 3.51. The molecule has 0 saturated carbocycles. The summed E-state index contributed by atoms with van der Waals surface area (Å²) in [4.78, 5) is 38.8. The summed E-state index contributed by atoms with van der Waals surface area (Å²) in [5.74, 6) is -0.247. The highest BCUT2D eigenvalue weighted by Gasteiger charge is 2.46. The van der Waals surface area contributed by atoms with Crippen LogP contribution in [-0.2, 0) is 14.4 Å². The fourth-order valence-corrected chi connectivity index (χ4v) is 3.51. The molecule has 0 aliphatic carbocycles. The van der Waals surface area contributed by atoms with Gasteiger partial charge in [-0.1, -0.05) is 34.6 Å². The Morgan fingerprint density at radius 2 is 1.75 bits per heavy atom. The van der Waals surface area contributed by atoms with Gasteiger partial charge in [0.25, 0.3) is 0 Å². The van der Waals surface area contributed by atoms with E-state index in [1.165, 1.54) is 6.92 Å². The van der Waals surface area contributed by atoms with Gasteiger partial charge in [-0.2, -0.15) is 0 Å². The summed E-state index contributed by atoms with van der Waals surface area (Å²) in [6, 6.07) is -1.07. The summed E-state index contributed by atoms with van der Waals surface area (Å²) in [5, 5.41) is 5.44. The highest BCUT2D eigenvalue weighted by Crippen LogP contribution is 2.37. The first-order chi connectivity index (χ1) is 11.0. The maximum Gasteiger partial charge on any atom is 0.246 e. The van der Waals surface area contributed by atoms with E-state index in [1.807, 2.05) is 13.8 Å². The molecule has 0 unspecified atom stereocenters. The van der Waals surface area contributed by atoms with Crippen LogP contribution in [0.3, 0.4) is 0 Å². The fraction of sp³-hybridized carbons (Fsp3) is 0.833. The summed E-state index contributed by atoms with van der Waals surface area (Å²) in [6.45, 7) is 11.7. The predicted molar refractivity (Wildman–Crippen MR) is 94.2 cm³/mol. The van der Waals surface area contributed by atoms with Gasteiger partial charge in [0.1, 0.15) is 12.1 Å². The third-order valence-corrected chi connectivity index (χ3v) is 4.57. The number of likely N-dealkylation sites (tertiary alicyclic amines) is 1. The number of likely N-dealkylation sites (N-methyl/N-ethyl adjacent to an activating group) is 1. The van der Waals surface area contributed by atoms with Crippen LogP contribution in [0.1, 0.15) is 60.8 Å². The zero-order chi connectivity index (χ0) is 18.7. The van der Waals surface area contributed by atoms with E-state index in [-0.39, 0.29) is 35.1 Å². The Kier molecular flexibility index (Phi) is 6.81. The SMILES string of the molecule is CNC(=O)[C@@H]1CC[C@H](C(C)(C)C)N1C(=O)[C@@H](CC(C)C)NC(C)=O. The number of amides is 3. The van der Waals surface area contributed by atoms with E-state index >= 15 is 0 Å². The summed E-state index contributed by atoms with van der Waals surface area (Å²) in [6.07, 6.45) is 2.01. The van der Waals surface area contributed by atoms with Gasteiger partial charge in [0.05, 0.1) is 0 Å². The zero-order valence-electron chi connectivity index (χ0n) is 16.1. The molecule has 0 aromatic rings. The van der Waals surface area contributed by atoms with Crippen LogP contribution in [0.5, 0.6) is 0 Å². The second-order valence-corrected chi connectivity index (χ2v) is 8.22. The number of carbonyl (C=O) groups is 3. The molecular formula is C18H33N3O3. The van der Waals surface area contributed by atoms with Gasteiger partial charge in [0.2, 0.25) is 17.7 Å². The van der Waals surface area contributed by atoms with Crippen LogP contribution in [0.15, 0.2) is 0 Å². The van der Waals surface area contributed by atoms with Crippen molar-refractivity contribution in [1.29, 1.82) is 0 Å². The average Bonchev–Trinajstić information content (AvgIpc) is 2.88. The Labute approximate surface area is 145 Å². The molecule has 0 radical (unpaired) electrons. The molecule has 138 valence electrons. The minimum atomic E-state index is -0.586. The lowest BCUT2D eigenvalue weighted by molar-refractivity contribution is -0.145. The second-order valence-electron chi connectivity index (χ2n) is 8.22. The molecule has 1 rings (SSSR count). The third-order valence-electron chi connectivity index (χ3n) is 4.57. The van der Waals surface area contributed by atoms with Crippen LogP contribution in [-0.4, -0.2) is 47.8 Å². The van der Waals surface area contributed by atoms with E-state index in [9.17, 15) is 14.4 Å². The van der Waals surface area contributed by atoms with Crippen LogP contribution in [0.2, 0.25) is 0 Å². The maximum absolute atomic E-state index is 13.2. The van der Waals surface area contributed by atoms with Gasteiger partial charge in [-0.25, -0.2) is 0 Å². The first kappa shape index (κ1) is 20.5. The van der Waals surface area contributed by atoms with E-state index in [2.05, 4.69) is 31.4 Å². The van der Waals surface area contributed by atoms with Gasteiger partial charge in [-0.3, -0.25) is 14.4 Å². The standard InChI is InChI=1S/C18H33N3O3/c1-11(2)10-13(20-12(3)22)17(24)21-14(16(23)19-7)8-9-15(21)18(4,5)6/h11,13-15H,8-10H2,1-7H3,(H,19,23)(H,20,22)/t13-,14+,15-/m1/s1. The molecule has 24 heavy (non-hydrogen) atoms. The molecule has 3 atom stereocenters. The third kappa shape index (κ3) is 4.95. The minimum absolute atomic E-state index is 0.0179. The molecule has 2 N–H and O–H groups in total. The van der Waals surface area contributed by atoms with Crippen LogP contribution in [0, 0.1) is 11.3 Å². The highest BCUT2D eigenvalue weighted by molar-refractivity contribution is 5.92. The molecule has 1 heterocycles. The highest BCUT2D eigenvalue weighted by atomic mass is 16.2. The van der Waals surface area contributed by atoms with E-state index in [0.717, 1.165) is 6.42 Å². The zero-order valence-corrected chi connectivity index (χ0v) is 16.1. The van der Waals surface area contributed by atoms with Crippen LogP contribution < -0.4 is 10.6 Å². The van der Waals surface area contributed by atoms with Crippen LogP contribution in [0.4, 0.5) is 0 Å². The Morgan fingerprint density at radius 1 is 1.17 bits per heavy atom. The van der Waals surface area contributed by atoms with Crippen molar-refractivity contribution in [2.24, 2.45) is 11.3 Å². The Morgan fingerprint density at radius 3 is 2.17 bits per heavy atom. The first-order valence-electron chi connectivity index (χ1n) is 8.79. The second kappa shape index (κ2) is 7.99. The van der Waals surface area contributed by atoms with Crippen LogP contribution in [0.25, 0.3) is 0 Å². The molecule has 6 heteroatoms. The molecule has 1 saturated heterocycles. The molecule has 0 aromatic heterocycles. The Hall–Kier alpha value is -1.59. The molecule has 1 fully saturated rings. The number of nitrogens with zero attached hydrogens (tertiary/aromatic N) is 1. The number of hydrogen-bond donors (Lipinski definition) is 2. The molecule has 3 amide bonds. The van der Waals surface area contributed by atoms with Crippen molar-refractivity contribution < 1.29 is 14.4 Å². The lowest BCUT2D eigenvalue weighted by Crippen LogP contribution is -2.57. The van der Waals surface area contributed by atoms with Gasteiger partial charge < -0.3 is 15.5 Å². The molecule has 1 aliphatic rings. The van der Waals surface area contributed by atoms with Gasteiger partial charge in [-0.15, -0.1) is 0 Å². The van der Waals surface area contributed by atoms with E-state index in [1.54, 1.807) is 11.9 Å². The topological polar surface area (TPSA) is 78.5 Å². The van der Waals surface area contributed by atoms with Gasteiger partial charge in [0.15, 0.2) is 0 Å². The molecule has 0 aromatic carbocycles. The summed E-state index contributed by atoms with van der Waals surface area (Å²) in [5.41, 5.74) is -0.128. The largest absolute Gasteiger partial charge is 0.357 e. The van der Waals surface area contributed by atoms with E-state index < -0.39 is 12.1 Å². The first-order valence-corrected chi connectivity index (χ1v) is 8.79. The van der Waals surface area contributed by atoms with E-state index in [4.69, 9.17) is 0 Å². The van der Waals surface area contributed by atoms with Gasteiger partial charge in [0, 0.05) is 20.0 Å². The van der Waals surface area contributed by atoms with Gasteiger partial charge >= 0.3 is 0 Å². The Bertz CT molecular complexity index is 482. The van der Waals surface area contributed by atoms with Crippen molar-refractivity contribution in [3.63, 3.8) is 0 Å². The number of rotatable bonds is 5.